The van der Waals surface area contributed by atoms with Gasteiger partial charge in [-0.15, -0.1) is 0 Å². The molecule has 0 saturated heterocycles. The van der Waals surface area contributed by atoms with E-state index in [1.54, 1.807) is 0 Å². The van der Waals surface area contributed by atoms with E-state index in [2.05, 4.69) is 4.84 Å². The molecule has 15 heavy (non-hydrogen) atoms. The van der Waals surface area contributed by atoms with Gasteiger partial charge in [0.1, 0.15) is 18.5 Å². The molecule has 4 nitrogen and oxygen atoms in total. The Morgan fingerprint density at radius 2 is 2.07 bits per heavy atom. The normalized spacial score (nSPS) is 12.5. The number of nitrogens with two attached hydrogens (primary N) is 1. The number of aliphatic hydroxyl groups is 1. The topological polar surface area (TPSA) is 64.7 Å². The summed E-state index contributed by atoms with van der Waals surface area (Å²) in [5.74, 6) is 5.62. The fourth-order valence-corrected chi connectivity index (χ4v) is 1.21. The number of hydrogen-bond donors (Lipinski definition) is 2. The van der Waals surface area contributed by atoms with Crippen molar-refractivity contribution in [2.24, 2.45) is 5.90 Å². The molecule has 0 aliphatic rings. The molecule has 0 heterocycles. The van der Waals surface area contributed by atoms with Crippen LogP contribution in [0.3, 0.4) is 0 Å². The summed E-state index contributed by atoms with van der Waals surface area (Å²) < 4.78 is 5.45. The lowest BCUT2D eigenvalue weighted by atomic mass is 10.1. The summed E-state index contributed by atoms with van der Waals surface area (Å²) in [7, 11) is 0. The van der Waals surface area contributed by atoms with Gasteiger partial charge in [-0.1, -0.05) is 12.1 Å². The number of aliphatic hydroxyl groups excluding tert-OH is 1. The van der Waals surface area contributed by atoms with E-state index in [1.807, 2.05) is 32.0 Å². The van der Waals surface area contributed by atoms with Crippen molar-refractivity contribution in [3.63, 3.8) is 0 Å². The van der Waals surface area contributed by atoms with Gasteiger partial charge in [0.2, 0.25) is 0 Å². The van der Waals surface area contributed by atoms with Crippen molar-refractivity contribution >= 4 is 0 Å². The van der Waals surface area contributed by atoms with E-state index in [1.165, 1.54) is 0 Å². The Bertz CT molecular complexity index is 315. The highest BCUT2D eigenvalue weighted by Crippen LogP contribution is 2.19. The average Bonchev–Trinajstić information content (AvgIpc) is 2.20. The third kappa shape index (κ3) is 3.87. The molecule has 0 saturated carbocycles. The van der Waals surface area contributed by atoms with Gasteiger partial charge in [-0.25, -0.2) is 5.90 Å². The molecule has 4 heteroatoms. The second-order valence-electron chi connectivity index (χ2n) is 3.57. The van der Waals surface area contributed by atoms with E-state index in [4.69, 9.17) is 10.6 Å². The molecule has 0 aromatic heterocycles. The fraction of sp³-hybridized carbons (Fsp3) is 0.455. The summed E-state index contributed by atoms with van der Waals surface area (Å²) >= 11 is 0. The molecule has 3 N–H and O–H groups in total. The van der Waals surface area contributed by atoms with E-state index in [0.29, 0.717) is 0 Å². The molecule has 1 rings (SSSR count). The summed E-state index contributed by atoms with van der Waals surface area (Å²) in [6, 6.07) is 5.93. The highest BCUT2D eigenvalue weighted by Gasteiger charge is 2.06. The first-order valence-corrected chi connectivity index (χ1v) is 4.83. The molecule has 1 aromatic rings. The second-order valence-corrected chi connectivity index (χ2v) is 3.57. The SMILES string of the molecule is Cc1ccc(C)c(OCC(O)CON)c1. The van der Waals surface area contributed by atoms with Gasteiger partial charge in [0.25, 0.3) is 0 Å². The van der Waals surface area contributed by atoms with Crippen molar-refractivity contribution in [1.29, 1.82) is 0 Å². The van der Waals surface area contributed by atoms with Crippen molar-refractivity contribution in [3.05, 3.63) is 29.3 Å². The highest BCUT2D eigenvalue weighted by atomic mass is 16.6. The lowest BCUT2D eigenvalue weighted by Gasteiger charge is -2.13. The molecule has 0 fully saturated rings. The third-order valence-electron chi connectivity index (χ3n) is 2.06. The minimum absolute atomic E-state index is 0.0743. The van der Waals surface area contributed by atoms with E-state index < -0.39 is 6.10 Å². The van der Waals surface area contributed by atoms with Crippen LogP contribution in [0.2, 0.25) is 0 Å². The first-order chi connectivity index (χ1) is 7.13. The summed E-state index contributed by atoms with van der Waals surface area (Å²) in [5, 5.41) is 9.34. The lowest BCUT2D eigenvalue weighted by molar-refractivity contribution is 0.0115. The summed E-state index contributed by atoms with van der Waals surface area (Å²) in [6.45, 7) is 4.21. The first-order valence-electron chi connectivity index (χ1n) is 4.83. The van der Waals surface area contributed by atoms with Crippen molar-refractivity contribution in [2.75, 3.05) is 13.2 Å². The third-order valence-corrected chi connectivity index (χ3v) is 2.06. The Balaban J connectivity index is 2.53. The number of aryl methyl sites for hydroxylation is 2. The maximum Gasteiger partial charge on any atom is 0.122 e. The zero-order chi connectivity index (χ0) is 11.3. The van der Waals surface area contributed by atoms with E-state index in [9.17, 15) is 5.11 Å². The number of rotatable bonds is 5. The van der Waals surface area contributed by atoms with Gasteiger partial charge < -0.3 is 14.7 Å². The predicted octanol–water partition coefficient (Wildman–Crippen LogP) is 0.933. The first kappa shape index (κ1) is 12.0. The van der Waals surface area contributed by atoms with Crippen LogP contribution >= 0.6 is 0 Å². The molecule has 0 aliphatic heterocycles. The largest absolute Gasteiger partial charge is 0.491 e. The predicted molar refractivity (Wildman–Crippen MR) is 57.6 cm³/mol. The van der Waals surface area contributed by atoms with Crippen molar-refractivity contribution in [2.45, 2.75) is 20.0 Å². The maximum absolute atomic E-state index is 9.34. The zero-order valence-corrected chi connectivity index (χ0v) is 9.06. The standard InChI is InChI=1S/C11H17NO3/c1-8-3-4-9(2)11(5-8)14-6-10(13)7-15-12/h3-5,10,13H,6-7,12H2,1-2H3. The number of benzene rings is 1. The monoisotopic (exact) mass is 211 g/mol. The van der Waals surface area contributed by atoms with Crippen LogP contribution in [0.15, 0.2) is 18.2 Å². The molecular formula is C11H17NO3. The van der Waals surface area contributed by atoms with Crippen LogP contribution in [0.25, 0.3) is 0 Å². The van der Waals surface area contributed by atoms with Gasteiger partial charge in [-0.05, 0) is 31.0 Å². The van der Waals surface area contributed by atoms with Gasteiger partial charge in [-0.3, -0.25) is 0 Å². The quantitative estimate of drug-likeness (QED) is 0.711. The molecular weight excluding hydrogens is 194 g/mol. The molecule has 0 spiro atoms. The minimum Gasteiger partial charge on any atom is -0.491 e. The van der Waals surface area contributed by atoms with Crippen molar-refractivity contribution in [3.8, 4) is 5.75 Å². The Labute approximate surface area is 89.6 Å². The van der Waals surface area contributed by atoms with Gasteiger partial charge in [-0.2, -0.15) is 0 Å². The van der Waals surface area contributed by atoms with Gasteiger partial charge >= 0.3 is 0 Å². The number of hydrogen-bond acceptors (Lipinski definition) is 4. The van der Waals surface area contributed by atoms with E-state index in [0.717, 1.165) is 16.9 Å². The zero-order valence-electron chi connectivity index (χ0n) is 9.06. The Morgan fingerprint density at radius 1 is 1.33 bits per heavy atom. The van der Waals surface area contributed by atoms with Gasteiger partial charge in [0.15, 0.2) is 0 Å². The molecule has 1 aromatic carbocycles. The highest BCUT2D eigenvalue weighted by molar-refractivity contribution is 5.35. The summed E-state index contributed by atoms with van der Waals surface area (Å²) in [4.78, 5) is 4.32. The molecule has 84 valence electrons. The summed E-state index contributed by atoms with van der Waals surface area (Å²) in [6.07, 6.45) is -0.699. The molecule has 1 atom stereocenters. The van der Waals surface area contributed by atoms with Crippen LogP contribution in [0.5, 0.6) is 5.75 Å². The van der Waals surface area contributed by atoms with Crippen molar-refractivity contribution in [1.82, 2.24) is 0 Å². The summed E-state index contributed by atoms with van der Waals surface area (Å²) in [5.41, 5.74) is 2.17. The second kappa shape index (κ2) is 5.70. The smallest absolute Gasteiger partial charge is 0.122 e. The van der Waals surface area contributed by atoms with Crippen molar-refractivity contribution < 1.29 is 14.7 Å². The Kier molecular flexibility index (Phi) is 4.55. The van der Waals surface area contributed by atoms with Gasteiger partial charge in [0, 0.05) is 0 Å². The number of ether oxygens (including phenoxy) is 1. The van der Waals surface area contributed by atoms with Crippen LogP contribution in [0.1, 0.15) is 11.1 Å². The average molecular weight is 211 g/mol. The van der Waals surface area contributed by atoms with E-state index >= 15 is 0 Å². The lowest BCUT2D eigenvalue weighted by Crippen LogP contribution is -2.25. The van der Waals surface area contributed by atoms with E-state index in [-0.39, 0.29) is 13.2 Å². The molecule has 0 radical (unpaired) electrons. The van der Waals surface area contributed by atoms with Crippen LogP contribution in [0.4, 0.5) is 0 Å². The minimum atomic E-state index is -0.699. The molecule has 0 bridgehead atoms. The van der Waals surface area contributed by atoms with Crippen LogP contribution in [0, 0.1) is 13.8 Å². The van der Waals surface area contributed by atoms with Gasteiger partial charge in [0.05, 0.1) is 6.61 Å². The fourth-order valence-electron chi connectivity index (χ4n) is 1.21. The van der Waals surface area contributed by atoms with Crippen LogP contribution < -0.4 is 10.6 Å². The maximum atomic E-state index is 9.34. The Hall–Kier alpha value is -1.10. The Morgan fingerprint density at radius 3 is 2.73 bits per heavy atom. The molecule has 1 unspecified atom stereocenters. The van der Waals surface area contributed by atoms with Crippen LogP contribution in [-0.4, -0.2) is 24.4 Å². The van der Waals surface area contributed by atoms with Crippen LogP contribution in [-0.2, 0) is 4.84 Å². The molecule has 0 amide bonds. The molecule has 0 aliphatic carbocycles.